The largest absolute Gasteiger partial charge is 0.372 e. The van der Waals surface area contributed by atoms with Gasteiger partial charge in [-0.1, -0.05) is 74.9 Å². The molecule has 5 heteroatoms. The van der Waals surface area contributed by atoms with Gasteiger partial charge in [-0.2, -0.15) is 0 Å². The molecule has 1 aromatic rings. The minimum absolute atomic E-state index is 0.476. The van der Waals surface area contributed by atoms with Crippen molar-refractivity contribution in [3.8, 4) is 0 Å². The molecule has 0 radical (unpaired) electrons. The summed E-state index contributed by atoms with van der Waals surface area (Å²) in [6.45, 7) is 23.6. The first-order valence-corrected chi connectivity index (χ1v) is 12.8. The Labute approximate surface area is 213 Å². The summed E-state index contributed by atoms with van der Waals surface area (Å²) in [7, 11) is 0. The van der Waals surface area contributed by atoms with Crippen LogP contribution in [-0.4, -0.2) is 35.4 Å². The molecule has 188 valence electrons. The van der Waals surface area contributed by atoms with E-state index >= 15 is 0 Å². The number of nitrogens with one attached hydrogen (secondary N) is 1. The molecule has 0 saturated heterocycles. The lowest BCUT2D eigenvalue weighted by atomic mass is 10.0. The minimum atomic E-state index is 0.476. The summed E-state index contributed by atoms with van der Waals surface area (Å²) in [6.07, 6.45) is 7.06. The number of allylic oxidation sites excluding steroid dienone is 1. The molecular formula is C29H45ClN4. The summed E-state index contributed by atoms with van der Waals surface area (Å²) in [6, 6.07) is 8.68. The molecule has 1 N–H and O–H groups in total. The predicted molar refractivity (Wildman–Crippen MR) is 152 cm³/mol. The first-order chi connectivity index (χ1) is 16.2. The fraction of sp³-hybridized carbons (Fsp3) is 0.517. The molecule has 1 rings (SSSR count). The molecule has 1 unspecified atom stereocenters. The predicted octanol–water partition coefficient (Wildman–Crippen LogP) is 7.65. The SMILES string of the molecule is C=CNC(/N=C(\C)Cl)=C(/C)C(=C)N(CCCC)CCCC(C)CN=C(C)Cc1cccc(C)c1. The van der Waals surface area contributed by atoms with Crippen LogP contribution in [0.3, 0.4) is 0 Å². The van der Waals surface area contributed by atoms with E-state index in [1.807, 2.05) is 6.92 Å². The van der Waals surface area contributed by atoms with Crippen molar-refractivity contribution in [2.24, 2.45) is 15.9 Å². The van der Waals surface area contributed by atoms with E-state index in [0.29, 0.717) is 16.9 Å². The molecule has 0 amide bonds. The van der Waals surface area contributed by atoms with Crippen LogP contribution in [0.2, 0.25) is 0 Å². The van der Waals surface area contributed by atoms with E-state index in [2.05, 4.69) is 80.3 Å². The van der Waals surface area contributed by atoms with Gasteiger partial charge in [0.2, 0.25) is 0 Å². The van der Waals surface area contributed by atoms with E-state index in [9.17, 15) is 0 Å². The average molecular weight is 485 g/mol. The molecule has 0 bridgehead atoms. The Balaban J connectivity index is 2.69. The lowest BCUT2D eigenvalue weighted by molar-refractivity contribution is 0.324. The van der Waals surface area contributed by atoms with Gasteiger partial charge in [-0.15, -0.1) is 0 Å². The van der Waals surface area contributed by atoms with Crippen molar-refractivity contribution in [1.82, 2.24) is 10.2 Å². The van der Waals surface area contributed by atoms with E-state index in [1.165, 1.54) is 16.8 Å². The zero-order valence-electron chi connectivity index (χ0n) is 22.3. The second-order valence-corrected chi connectivity index (χ2v) is 9.75. The molecule has 34 heavy (non-hydrogen) atoms. The van der Waals surface area contributed by atoms with Gasteiger partial charge in [0.15, 0.2) is 0 Å². The van der Waals surface area contributed by atoms with Gasteiger partial charge in [-0.3, -0.25) is 4.99 Å². The van der Waals surface area contributed by atoms with Crippen LogP contribution in [0.5, 0.6) is 0 Å². The molecule has 1 aromatic carbocycles. The summed E-state index contributed by atoms with van der Waals surface area (Å²) >= 11 is 6.03. The van der Waals surface area contributed by atoms with Gasteiger partial charge < -0.3 is 10.2 Å². The van der Waals surface area contributed by atoms with Crippen LogP contribution in [0, 0.1) is 12.8 Å². The maximum atomic E-state index is 6.03. The molecule has 0 aliphatic rings. The summed E-state index contributed by atoms with van der Waals surface area (Å²) in [5, 5.41) is 3.57. The van der Waals surface area contributed by atoms with Gasteiger partial charge in [-0.25, -0.2) is 4.99 Å². The first kappa shape index (κ1) is 29.7. The van der Waals surface area contributed by atoms with Crippen LogP contribution in [-0.2, 0) is 6.42 Å². The number of nitrogens with zero attached hydrogens (tertiary/aromatic N) is 3. The fourth-order valence-corrected chi connectivity index (χ4v) is 3.87. The topological polar surface area (TPSA) is 40.0 Å². The highest BCUT2D eigenvalue weighted by Crippen LogP contribution is 2.20. The Morgan fingerprint density at radius 2 is 1.91 bits per heavy atom. The quantitative estimate of drug-likeness (QED) is 0.193. The normalized spacial score (nSPS) is 13.9. The molecule has 0 aliphatic heterocycles. The highest BCUT2D eigenvalue weighted by Gasteiger charge is 2.13. The fourth-order valence-electron chi connectivity index (χ4n) is 3.79. The number of aryl methyl sites for hydroxylation is 1. The molecule has 4 nitrogen and oxygen atoms in total. The van der Waals surface area contributed by atoms with Crippen LogP contribution >= 0.6 is 11.6 Å². The van der Waals surface area contributed by atoms with Gasteiger partial charge in [0.05, 0.1) is 0 Å². The van der Waals surface area contributed by atoms with Crippen LogP contribution in [0.1, 0.15) is 71.4 Å². The number of aliphatic imine (C=N–C) groups is 2. The molecule has 0 spiro atoms. The Bertz CT molecular complexity index is 878. The highest BCUT2D eigenvalue weighted by molar-refractivity contribution is 6.64. The first-order valence-electron chi connectivity index (χ1n) is 12.5. The number of hydrogen-bond acceptors (Lipinski definition) is 4. The maximum absolute atomic E-state index is 6.03. The molecule has 0 aromatic heterocycles. The summed E-state index contributed by atoms with van der Waals surface area (Å²) in [5.41, 5.74) is 5.81. The van der Waals surface area contributed by atoms with Gasteiger partial charge in [-0.05, 0) is 64.6 Å². The Morgan fingerprint density at radius 3 is 2.53 bits per heavy atom. The molecule has 0 aliphatic carbocycles. The number of unbranched alkanes of at least 4 members (excludes halogenated alkanes) is 1. The van der Waals surface area contributed by atoms with Crippen molar-refractivity contribution in [3.05, 3.63) is 71.8 Å². The van der Waals surface area contributed by atoms with Crippen molar-refractivity contribution >= 4 is 22.5 Å². The standard InChI is InChI=1S/C29H45ClN4/c1-9-11-17-34(26(7)25(6)29(31-10-2)33-27(8)30)18-13-15-23(4)21-32-24(5)20-28-16-12-14-22(3)19-28/h10,12,14,16,19,23,31H,2,7,9,11,13,15,17-18,20-21H2,1,3-6,8H3/b29-25+,32-24?,33-27+. The van der Waals surface area contributed by atoms with Gasteiger partial charge in [0, 0.05) is 43.0 Å². The molecule has 0 fully saturated rings. The average Bonchev–Trinajstić information content (AvgIpc) is 2.78. The number of rotatable bonds is 16. The maximum Gasteiger partial charge on any atom is 0.136 e. The molecule has 0 saturated carbocycles. The Kier molecular flexibility index (Phi) is 14.3. The zero-order valence-corrected chi connectivity index (χ0v) is 23.0. The lowest BCUT2D eigenvalue weighted by Crippen LogP contribution is -2.27. The van der Waals surface area contributed by atoms with E-state index in [1.54, 1.807) is 13.1 Å². The van der Waals surface area contributed by atoms with E-state index in [4.69, 9.17) is 16.6 Å². The molecule has 1 atom stereocenters. The van der Waals surface area contributed by atoms with Crippen LogP contribution in [0.4, 0.5) is 0 Å². The van der Waals surface area contributed by atoms with Crippen LogP contribution in [0.25, 0.3) is 0 Å². The van der Waals surface area contributed by atoms with Crippen molar-refractivity contribution in [2.75, 3.05) is 19.6 Å². The monoisotopic (exact) mass is 484 g/mol. The Hall–Kier alpha value is -2.33. The van der Waals surface area contributed by atoms with Crippen molar-refractivity contribution in [3.63, 3.8) is 0 Å². The summed E-state index contributed by atoms with van der Waals surface area (Å²) in [4.78, 5) is 11.7. The lowest BCUT2D eigenvalue weighted by Gasteiger charge is -2.28. The van der Waals surface area contributed by atoms with E-state index in [-0.39, 0.29) is 0 Å². The number of benzene rings is 1. The second-order valence-electron chi connectivity index (χ2n) is 9.21. The number of halogens is 1. The van der Waals surface area contributed by atoms with Gasteiger partial charge >= 0.3 is 0 Å². The summed E-state index contributed by atoms with van der Waals surface area (Å²) < 4.78 is 0. The van der Waals surface area contributed by atoms with E-state index in [0.717, 1.165) is 63.0 Å². The molecule has 0 heterocycles. The molecular weight excluding hydrogens is 440 g/mol. The summed E-state index contributed by atoms with van der Waals surface area (Å²) in [5.74, 6) is 1.24. The van der Waals surface area contributed by atoms with Gasteiger partial charge in [0.25, 0.3) is 0 Å². The minimum Gasteiger partial charge on any atom is -0.372 e. The van der Waals surface area contributed by atoms with Gasteiger partial charge in [0.1, 0.15) is 11.0 Å². The van der Waals surface area contributed by atoms with Crippen molar-refractivity contribution in [2.45, 2.75) is 73.6 Å². The van der Waals surface area contributed by atoms with E-state index < -0.39 is 0 Å². The third-order valence-corrected chi connectivity index (χ3v) is 5.88. The van der Waals surface area contributed by atoms with Crippen LogP contribution in [0.15, 0.2) is 70.7 Å². The van der Waals surface area contributed by atoms with Crippen LogP contribution < -0.4 is 5.32 Å². The zero-order chi connectivity index (χ0) is 25.5. The van der Waals surface area contributed by atoms with Crippen molar-refractivity contribution in [1.29, 1.82) is 0 Å². The number of hydrogen-bond donors (Lipinski definition) is 1. The third kappa shape index (κ3) is 11.7. The van der Waals surface area contributed by atoms with Crippen molar-refractivity contribution < 1.29 is 0 Å². The third-order valence-electron chi connectivity index (χ3n) is 5.80. The Morgan fingerprint density at radius 1 is 1.21 bits per heavy atom. The second kappa shape index (κ2) is 16.3. The smallest absolute Gasteiger partial charge is 0.136 e. The highest BCUT2D eigenvalue weighted by atomic mass is 35.5.